The summed E-state index contributed by atoms with van der Waals surface area (Å²) >= 11 is 2.92. The molecule has 2 heterocycles. The molecule has 16 heteroatoms. The molecule has 0 saturated carbocycles. The highest BCUT2D eigenvalue weighted by Gasteiger charge is 2.22. The molecule has 38 heavy (non-hydrogen) atoms. The third-order valence-corrected chi connectivity index (χ3v) is 5.45. The summed E-state index contributed by atoms with van der Waals surface area (Å²) in [6, 6.07) is 14.6. The molecule has 14 nitrogen and oxygen atoms in total. The van der Waals surface area contributed by atoms with E-state index >= 15 is 0 Å². The van der Waals surface area contributed by atoms with Crippen LogP contribution >= 0.6 is 15.9 Å². The number of aromatic nitrogens is 6. The summed E-state index contributed by atoms with van der Waals surface area (Å²) in [7, 11) is 1.47. The summed E-state index contributed by atoms with van der Waals surface area (Å²) in [5.74, 6) is 0.0449. The fraction of sp³-hybridized carbons (Fsp3) is 0.182. The minimum atomic E-state index is -1.35. The Labute approximate surface area is 227 Å². The third-order valence-electron chi connectivity index (χ3n) is 4.81. The first-order chi connectivity index (χ1) is 18.0. The van der Waals surface area contributed by atoms with Gasteiger partial charge in [-0.15, -0.1) is 0 Å². The van der Waals surface area contributed by atoms with Crippen molar-refractivity contribution in [2.75, 3.05) is 25.7 Å². The summed E-state index contributed by atoms with van der Waals surface area (Å²) in [6.45, 7) is 3.74. The zero-order valence-electron chi connectivity index (χ0n) is 20.9. The summed E-state index contributed by atoms with van der Waals surface area (Å²) in [4.78, 5) is 8.25. The highest BCUT2D eigenvalue weighted by Crippen LogP contribution is 2.26. The van der Waals surface area contributed by atoms with E-state index in [9.17, 15) is 10.4 Å². The lowest BCUT2D eigenvalue weighted by Gasteiger charge is -2.08. The first-order valence-corrected chi connectivity index (χ1v) is 11.5. The van der Waals surface area contributed by atoms with Crippen LogP contribution in [0.5, 0.6) is 11.8 Å². The van der Waals surface area contributed by atoms with E-state index in [0.29, 0.717) is 15.2 Å². The van der Waals surface area contributed by atoms with E-state index in [4.69, 9.17) is 31.0 Å². The van der Waals surface area contributed by atoms with Crippen LogP contribution in [0.3, 0.4) is 0 Å². The Morgan fingerprint density at radius 3 is 1.82 bits per heavy atom. The normalized spacial score (nSPS) is 9.87. The lowest BCUT2D eigenvalue weighted by atomic mass is 9.77. The summed E-state index contributed by atoms with van der Waals surface area (Å²) in [5.41, 5.74) is 13.9. The average molecular weight is 589 g/mol. The highest BCUT2D eigenvalue weighted by molar-refractivity contribution is 9.10. The molecule has 0 aliphatic carbocycles. The molecule has 0 fully saturated rings. The Bertz CT molecular complexity index is 1380. The largest absolute Gasteiger partial charge is 0.594 e. The summed E-state index contributed by atoms with van der Waals surface area (Å²) < 4.78 is 9.88. The van der Waals surface area contributed by atoms with Crippen molar-refractivity contribution in [2.24, 2.45) is 0 Å². The van der Waals surface area contributed by atoms with Crippen LogP contribution in [0.15, 0.2) is 53.1 Å². The van der Waals surface area contributed by atoms with Gasteiger partial charge in [0.2, 0.25) is 0 Å². The number of nitrogens with zero attached hydrogens (tertiary/aromatic N) is 6. The zero-order chi connectivity index (χ0) is 28.4. The molecule has 0 radical (unpaired) electrons. The van der Waals surface area contributed by atoms with E-state index in [1.807, 2.05) is 44.2 Å². The molecule has 0 atom stereocenters. The lowest BCUT2D eigenvalue weighted by molar-refractivity contribution is -0.679. The maximum Gasteiger partial charge on any atom is 0.488 e. The molecule has 2 aromatic carbocycles. The maximum atomic E-state index is 11.8. The second-order valence-corrected chi connectivity index (χ2v) is 8.14. The van der Waals surface area contributed by atoms with Gasteiger partial charge in [0.25, 0.3) is 17.8 Å². The van der Waals surface area contributed by atoms with Gasteiger partial charge in [-0.05, 0) is 40.6 Å². The zero-order valence-corrected chi connectivity index (χ0v) is 22.5. The SMILES string of the molecule is COc1nc(N)n[n+]([O-])c1-c1ccccc1C.COc1nc(N)n[n+]([O-])c1Br.Cc1ccccc1B(O)O. The predicted molar refractivity (Wildman–Crippen MR) is 143 cm³/mol. The van der Waals surface area contributed by atoms with Gasteiger partial charge in [0, 0.05) is 15.9 Å². The number of methoxy groups -OCH3 is 2. The van der Waals surface area contributed by atoms with Gasteiger partial charge in [0.1, 0.15) is 0 Å². The molecular formula is C22H26BBrN8O6. The molecule has 4 aromatic rings. The van der Waals surface area contributed by atoms with Crippen LogP contribution in [-0.4, -0.2) is 51.6 Å². The molecule has 0 bridgehead atoms. The van der Waals surface area contributed by atoms with Crippen molar-refractivity contribution in [3.63, 3.8) is 0 Å². The van der Waals surface area contributed by atoms with Crippen LogP contribution in [0.2, 0.25) is 0 Å². The van der Waals surface area contributed by atoms with Crippen molar-refractivity contribution in [3.05, 3.63) is 74.7 Å². The maximum absolute atomic E-state index is 11.8. The minimum absolute atomic E-state index is 0.106. The van der Waals surface area contributed by atoms with Crippen molar-refractivity contribution in [2.45, 2.75) is 13.8 Å². The van der Waals surface area contributed by atoms with E-state index < -0.39 is 7.12 Å². The fourth-order valence-corrected chi connectivity index (χ4v) is 3.33. The lowest BCUT2D eigenvalue weighted by Crippen LogP contribution is -2.36. The Kier molecular flexibility index (Phi) is 10.9. The molecular weight excluding hydrogens is 563 g/mol. The topological polar surface area (TPSA) is 216 Å². The number of hydrogen-bond donors (Lipinski definition) is 4. The summed E-state index contributed by atoms with van der Waals surface area (Å²) in [5, 5.41) is 46.9. The number of nitrogens with two attached hydrogens (primary N) is 2. The van der Waals surface area contributed by atoms with Gasteiger partial charge in [-0.2, -0.15) is 9.97 Å². The number of aryl methyl sites for hydroxylation is 2. The number of ether oxygens (including phenoxy) is 2. The monoisotopic (exact) mass is 588 g/mol. The molecule has 0 aliphatic rings. The van der Waals surface area contributed by atoms with Crippen molar-refractivity contribution < 1.29 is 29.2 Å². The van der Waals surface area contributed by atoms with Gasteiger partial charge in [0.05, 0.1) is 30.0 Å². The molecule has 0 amide bonds. The van der Waals surface area contributed by atoms with Gasteiger partial charge in [-0.25, -0.2) is 0 Å². The molecule has 2 aromatic heterocycles. The van der Waals surface area contributed by atoms with E-state index in [1.165, 1.54) is 14.2 Å². The third kappa shape index (κ3) is 7.86. The minimum Gasteiger partial charge on any atom is -0.594 e. The van der Waals surface area contributed by atoms with Gasteiger partial charge < -0.3 is 41.4 Å². The van der Waals surface area contributed by atoms with E-state index in [0.717, 1.165) is 16.7 Å². The van der Waals surface area contributed by atoms with Crippen molar-refractivity contribution in [1.29, 1.82) is 0 Å². The quantitative estimate of drug-likeness (QED) is 0.138. The molecule has 0 aliphatic heterocycles. The molecule has 4 rings (SSSR count). The van der Waals surface area contributed by atoms with Crippen LogP contribution in [0.1, 0.15) is 11.1 Å². The van der Waals surface area contributed by atoms with Gasteiger partial charge >= 0.3 is 23.3 Å². The molecule has 200 valence electrons. The standard InChI is InChI=1S/C11H12N4O2.C7H9BO2.C4H5BrN4O2/c1-7-5-3-4-6-8(7)9-10(17-2)13-11(12)14-15(9)16;1-6-4-2-3-5-7(6)8(9)10;1-11-3-2(5)9(10)8-4(6)7-3/h3-6H,1-2H3,(H2,12,13,14);2-5,9-10H,1H3;1H3,(H2,6,7,8). The van der Waals surface area contributed by atoms with E-state index in [1.54, 1.807) is 18.2 Å². The molecule has 0 unspecified atom stereocenters. The van der Waals surface area contributed by atoms with Crippen LogP contribution < -0.4 is 36.1 Å². The number of anilines is 2. The number of benzene rings is 2. The Balaban J connectivity index is 0.000000211. The Morgan fingerprint density at radius 1 is 0.816 bits per heavy atom. The second-order valence-electron chi connectivity index (χ2n) is 7.39. The van der Waals surface area contributed by atoms with Crippen LogP contribution in [-0.2, 0) is 0 Å². The van der Waals surface area contributed by atoms with Gasteiger partial charge in [-0.3, -0.25) is 0 Å². The van der Waals surface area contributed by atoms with Crippen LogP contribution in [0, 0.1) is 24.3 Å². The second kappa shape index (κ2) is 13.9. The molecule has 0 saturated heterocycles. The molecule has 6 N–H and O–H groups in total. The average Bonchev–Trinajstić information content (AvgIpc) is 2.87. The van der Waals surface area contributed by atoms with Crippen LogP contribution in [0.4, 0.5) is 11.9 Å². The van der Waals surface area contributed by atoms with Gasteiger partial charge in [-0.1, -0.05) is 48.0 Å². The Morgan fingerprint density at radius 2 is 1.32 bits per heavy atom. The number of rotatable bonds is 4. The number of nitrogen functional groups attached to an aromatic ring is 2. The van der Waals surface area contributed by atoms with Crippen molar-refractivity contribution in [3.8, 4) is 23.0 Å². The van der Waals surface area contributed by atoms with Crippen molar-refractivity contribution >= 4 is 40.4 Å². The molecule has 0 spiro atoms. The van der Waals surface area contributed by atoms with E-state index in [2.05, 4.69) is 36.1 Å². The Hall–Kier alpha value is -4.28. The summed E-state index contributed by atoms with van der Waals surface area (Å²) in [6.07, 6.45) is 0. The fourth-order valence-electron chi connectivity index (χ4n) is 3.00. The number of hydrogen-bond acceptors (Lipinski definition) is 12. The van der Waals surface area contributed by atoms with Crippen LogP contribution in [0.25, 0.3) is 11.3 Å². The first kappa shape index (κ1) is 30.0. The van der Waals surface area contributed by atoms with E-state index in [-0.39, 0.29) is 34.0 Å². The first-order valence-electron chi connectivity index (χ1n) is 10.8. The van der Waals surface area contributed by atoms with Gasteiger partial charge in [0.15, 0.2) is 0 Å². The highest BCUT2D eigenvalue weighted by atomic mass is 79.9. The number of halogens is 1. The smallest absolute Gasteiger partial charge is 0.488 e. The predicted octanol–water partition coefficient (Wildman–Crippen LogP) is -0.186. The van der Waals surface area contributed by atoms with Crippen molar-refractivity contribution in [1.82, 2.24) is 20.2 Å².